The van der Waals surface area contributed by atoms with Crippen LogP contribution in [0.3, 0.4) is 0 Å². The number of rotatable bonds is 3. The zero-order valence-electron chi connectivity index (χ0n) is 8.21. The average molecular weight is 190 g/mol. The number of nitrogens with two attached hydrogens (primary N) is 1. The molecule has 3 heteroatoms. The molecule has 0 bridgehead atoms. The van der Waals surface area contributed by atoms with Gasteiger partial charge in [-0.05, 0) is 24.6 Å². The minimum atomic E-state index is 0.543. The van der Waals surface area contributed by atoms with Crippen LogP contribution in [0.5, 0.6) is 5.75 Å². The lowest BCUT2D eigenvalue weighted by molar-refractivity contribution is 0.329. The Morgan fingerprint density at radius 3 is 3.07 bits per heavy atom. The first kappa shape index (κ1) is 9.09. The van der Waals surface area contributed by atoms with Crippen LogP contribution in [-0.2, 0) is 0 Å². The highest BCUT2D eigenvalue weighted by molar-refractivity contribution is 5.84. The third kappa shape index (κ3) is 1.59. The third-order valence-corrected chi connectivity index (χ3v) is 2.25. The Morgan fingerprint density at radius 2 is 2.29 bits per heavy atom. The van der Waals surface area contributed by atoms with Gasteiger partial charge in [0, 0.05) is 29.7 Å². The molecule has 14 heavy (non-hydrogen) atoms. The number of nitrogens with one attached hydrogen (secondary N) is 1. The van der Waals surface area contributed by atoms with Gasteiger partial charge in [0.05, 0.1) is 0 Å². The zero-order valence-corrected chi connectivity index (χ0v) is 8.21. The molecule has 1 aromatic heterocycles. The summed E-state index contributed by atoms with van der Waals surface area (Å²) >= 11 is 0. The van der Waals surface area contributed by atoms with Crippen molar-refractivity contribution in [3.63, 3.8) is 0 Å². The maximum atomic E-state index is 5.43. The van der Waals surface area contributed by atoms with E-state index in [9.17, 15) is 0 Å². The Hall–Kier alpha value is -1.48. The molecule has 1 heterocycles. The Balaban J connectivity index is 2.32. The molecule has 0 amide bonds. The molecule has 0 saturated carbocycles. The number of benzene rings is 1. The molecule has 0 atom stereocenters. The fourth-order valence-corrected chi connectivity index (χ4v) is 1.52. The highest BCUT2D eigenvalue weighted by atomic mass is 16.5. The molecule has 74 valence electrons. The number of hydrogen-bond acceptors (Lipinski definition) is 2. The predicted octanol–water partition coefficient (Wildman–Crippen LogP) is 1.81. The molecular formula is C11H14N2O. The highest BCUT2D eigenvalue weighted by Gasteiger charge is 2.00. The number of hydrogen-bond donors (Lipinski definition) is 2. The number of fused-ring (bicyclic) bond motifs is 1. The molecule has 0 aliphatic carbocycles. The molecule has 3 N–H and O–H groups in total. The van der Waals surface area contributed by atoms with Crippen molar-refractivity contribution in [1.29, 1.82) is 0 Å². The van der Waals surface area contributed by atoms with Crippen LogP contribution in [-0.4, -0.2) is 18.1 Å². The molecule has 1 aromatic carbocycles. The Bertz CT molecular complexity index is 434. The summed E-state index contributed by atoms with van der Waals surface area (Å²) in [6.45, 7) is 3.19. The van der Waals surface area contributed by atoms with Crippen LogP contribution in [0.4, 0.5) is 0 Å². The van der Waals surface area contributed by atoms with Crippen LogP contribution in [0.25, 0.3) is 10.9 Å². The lowest BCUT2D eigenvalue weighted by Gasteiger charge is -2.03. The van der Waals surface area contributed by atoms with Gasteiger partial charge in [0.1, 0.15) is 12.4 Å². The van der Waals surface area contributed by atoms with E-state index in [0.717, 1.165) is 11.3 Å². The Labute approximate surface area is 82.9 Å². The van der Waals surface area contributed by atoms with Crippen molar-refractivity contribution >= 4 is 10.9 Å². The highest BCUT2D eigenvalue weighted by Crippen LogP contribution is 2.22. The number of aromatic amines is 1. The molecule has 0 aliphatic heterocycles. The summed E-state index contributed by atoms with van der Waals surface area (Å²) in [7, 11) is 0. The lowest BCUT2D eigenvalue weighted by atomic mass is 10.2. The van der Waals surface area contributed by atoms with E-state index < -0.39 is 0 Å². The summed E-state index contributed by atoms with van der Waals surface area (Å²) in [5.74, 6) is 0.866. The van der Waals surface area contributed by atoms with E-state index in [4.69, 9.17) is 10.5 Å². The van der Waals surface area contributed by atoms with Gasteiger partial charge in [0.25, 0.3) is 0 Å². The van der Waals surface area contributed by atoms with E-state index in [1.54, 1.807) is 0 Å². The van der Waals surface area contributed by atoms with Gasteiger partial charge in [-0.15, -0.1) is 0 Å². The first-order valence-corrected chi connectivity index (χ1v) is 4.72. The quantitative estimate of drug-likeness (QED) is 0.775. The van der Waals surface area contributed by atoms with Crippen LogP contribution in [0, 0.1) is 6.92 Å². The third-order valence-electron chi connectivity index (χ3n) is 2.25. The zero-order chi connectivity index (χ0) is 9.97. The molecule has 0 spiro atoms. The van der Waals surface area contributed by atoms with Gasteiger partial charge in [0.2, 0.25) is 0 Å². The standard InChI is InChI=1S/C11H14N2O/c1-8-7-13-11-6-9(14-5-4-12)2-3-10(8)11/h2-3,6-7,13H,4-5,12H2,1H3. The summed E-state index contributed by atoms with van der Waals surface area (Å²) in [5.41, 5.74) is 7.72. The van der Waals surface area contributed by atoms with Gasteiger partial charge in [-0.25, -0.2) is 0 Å². The predicted molar refractivity (Wildman–Crippen MR) is 57.6 cm³/mol. The van der Waals surface area contributed by atoms with Gasteiger partial charge < -0.3 is 15.5 Å². The van der Waals surface area contributed by atoms with Crippen LogP contribution >= 0.6 is 0 Å². The first-order valence-electron chi connectivity index (χ1n) is 4.72. The lowest BCUT2D eigenvalue weighted by Crippen LogP contribution is -2.10. The number of aromatic nitrogens is 1. The summed E-state index contributed by atoms with van der Waals surface area (Å²) in [6, 6.07) is 6.03. The second-order valence-electron chi connectivity index (χ2n) is 3.32. The van der Waals surface area contributed by atoms with Gasteiger partial charge in [-0.1, -0.05) is 0 Å². The van der Waals surface area contributed by atoms with Crippen molar-refractivity contribution < 1.29 is 4.74 Å². The summed E-state index contributed by atoms with van der Waals surface area (Å²) < 4.78 is 5.43. The molecule has 2 rings (SSSR count). The van der Waals surface area contributed by atoms with Crippen molar-refractivity contribution in [2.75, 3.05) is 13.2 Å². The number of aryl methyl sites for hydroxylation is 1. The monoisotopic (exact) mass is 190 g/mol. The van der Waals surface area contributed by atoms with Crippen molar-refractivity contribution in [2.45, 2.75) is 6.92 Å². The molecule has 0 radical (unpaired) electrons. The smallest absolute Gasteiger partial charge is 0.121 e. The Morgan fingerprint density at radius 1 is 1.43 bits per heavy atom. The van der Waals surface area contributed by atoms with Gasteiger partial charge in [0.15, 0.2) is 0 Å². The van der Waals surface area contributed by atoms with Gasteiger partial charge >= 0.3 is 0 Å². The van der Waals surface area contributed by atoms with Crippen molar-refractivity contribution in [3.05, 3.63) is 30.0 Å². The molecular weight excluding hydrogens is 176 g/mol. The Kier molecular flexibility index (Phi) is 2.41. The second-order valence-corrected chi connectivity index (χ2v) is 3.32. The molecule has 0 fully saturated rings. The molecule has 2 aromatic rings. The first-order chi connectivity index (χ1) is 6.81. The summed E-state index contributed by atoms with van der Waals surface area (Å²) in [4.78, 5) is 3.19. The van der Waals surface area contributed by atoms with E-state index in [1.807, 2.05) is 18.3 Å². The molecule has 0 aliphatic rings. The number of ether oxygens (including phenoxy) is 1. The maximum absolute atomic E-state index is 5.43. The number of H-pyrrole nitrogens is 1. The molecule has 3 nitrogen and oxygen atoms in total. The van der Waals surface area contributed by atoms with Crippen LogP contribution in [0.2, 0.25) is 0 Å². The SMILES string of the molecule is Cc1c[nH]c2cc(OCCN)ccc12. The van der Waals surface area contributed by atoms with E-state index in [2.05, 4.69) is 18.0 Å². The van der Waals surface area contributed by atoms with Crippen LogP contribution < -0.4 is 10.5 Å². The van der Waals surface area contributed by atoms with E-state index >= 15 is 0 Å². The largest absolute Gasteiger partial charge is 0.492 e. The minimum absolute atomic E-state index is 0.543. The fourth-order valence-electron chi connectivity index (χ4n) is 1.52. The van der Waals surface area contributed by atoms with E-state index in [1.165, 1.54) is 10.9 Å². The van der Waals surface area contributed by atoms with Crippen molar-refractivity contribution in [1.82, 2.24) is 4.98 Å². The van der Waals surface area contributed by atoms with E-state index in [-0.39, 0.29) is 0 Å². The summed E-state index contributed by atoms with van der Waals surface area (Å²) in [6.07, 6.45) is 2.00. The maximum Gasteiger partial charge on any atom is 0.121 e. The van der Waals surface area contributed by atoms with Gasteiger partial charge in [-0.3, -0.25) is 0 Å². The molecule has 0 unspecified atom stereocenters. The van der Waals surface area contributed by atoms with Gasteiger partial charge in [-0.2, -0.15) is 0 Å². The minimum Gasteiger partial charge on any atom is -0.492 e. The normalized spacial score (nSPS) is 10.7. The fraction of sp³-hybridized carbons (Fsp3) is 0.273. The van der Waals surface area contributed by atoms with Crippen LogP contribution in [0.15, 0.2) is 24.4 Å². The van der Waals surface area contributed by atoms with E-state index in [0.29, 0.717) is 13.2 Å². The van der Waals surface area contributed by atoms with Crippen molar-refractivity contribution in [3.8, 4) is 5.75 Å². The van der Waals surface area contributed by atoms with Crippen molar-refractivity contribution in [2.24, 2.45) is 5.73 Å². The second kappa shape index (κ2) is 3.72. The van der Waals surface area contributed by atoms with Crippen LogP contribution in [0.1, 0.15) is 5.56 Å². The average Bonchev–Trinajstić information content (AvgIpc) is 2.57. The molecule has 0 saturated heterocycles. The summed E-state index contributed by atoms with van der Waals surface area (Å²) in [5, 5.41) is 1.24. The topological polar surface area (TPSA) is 51.0 Å².